The minimum atomic E-state index is -2.49. The van der Waals surface area contributed by atoms with Crippen LogP contribution in [0.4, 0.5) is 0 Å². The Morgan fingerprint density at radius 3 is 0.778 bits per heavy atom. The zero-order chi connectivity index (χ0) is 42.9. The molecule has 2 N–H and O–H groups in total. The summed E-state index contributed by atoms with van der Waals surface area (Å²) >= 11 is 0. The Morgan fingerprint density at radius 2 is 0.556 bits per heavy atom. The molecule has 0 amide bonds. The highest BCUT2D eigenvalue weighted by atomic mass is 28.5. The maximum atomic E-state index is 10.1. The van der Waals surface area contributed by atoms with Crippen molar-refractivity contribution in [2.24, 2.45) is 0 Å². The monoisotopic (exact) mass is 942 g/mol. The second kappa shape index (κ2) is 21.5. The molecule has 0 aliphatic rings. The van der Waals surface area contributed by atoms with E-state index in [1.807, 2.05) is 0 Å². The third kappa shape index (κ3) is 27.4. The molecule has 54 heavy (non-hydrogen) atoms. The zero-order valence-electron chi connectivity index (χ0n) is 38.8. The van der Waals surface area contributed by atoms with Crippen molar-refractivity contribution in [3.8, 4) is 0 Å². The van der Waals surface area contributed by atoms with Gasteiger partial charge >= 0.3 is 51.4 Å². The molecule has 0 rings (SSSR count). The Morgan fingerprint density at radius 1 is 0.333 bits per heavy atom. The topological polar surface area (TPSA) is 133 Å². The maximum Gasteiger partial charge on any atom is 0.314 e. The van der Waals surface area contributed by atoms with Crippen molar-refractivity contribution >= 4 is 84.6 Å². The smallest absolute Gasteiger partial charge is 0.314 e. The minimum absolute atomic E-state index is 0.234. The summed E-state index contributed by atoms with van der Waals surface area (Å²) in [5.74, 6) is 0. The first-order chi connectivity index (χ1) is 23.7. The molecular formula is C32H86O12Si10. The lowest BCUT2D eigenvalue weighted by atomic mass is 10.2. The number of aliphatic hydroxyl groups excluding tert-OH is 2. The zero-order valence-corrected chi connectivity index (χ0v) is 48.8. The molecule has 0 aromatic carbocycles. The van der Waals surface area contributed by atoms with Crippen LogP contribution in [0.5, 0.6) is 0 Å². The largest absolute Gasteiger partial charge is 0.437 e. The summed E-state index contributed by atoms with van der Waals surface area (Å²) in [4.78, 5) is 0. The lowest BCUT2D eigenvalue weighted by Crippen LogP contribution is -2.58. The predicted octanol–water partition coefficient (Wildman–Crippen LogP) is 8.95. The fraction of sp³-hybridized carbons (Fsp3) is 1.00. The van der Waals surface area contributed by atoms with E-state index in [-0.39, 0.29) is 13.2 Å². The number of ether oxygens (including phenoxy) is 2. The molecule has 0 fully saturated rings. The first-order valence-corrected chi connectivity index (χ1v) is 49.8. The molecule has 0 aromatic heterocycles. The van der Waals surface area contributed by atoms with Crippen molar-refractivity contribution in [2.45, 2.75) is 181 Å². The second-order valence-electron chi connectivity index (χ2n) is 20.4. The van der Waals surface area contributed by atoms with Gasteiger partial charge in [-0.15, -0.1) is 0 Å². The van der Waals surface area contributed by atoms with E-state index in [1.54, 1.807) is 0 Å². The molecule has 0 unspecified atom stereocenters. The van der Waals surface area contributed by atoms with E-state index in [4.69, 9.17) is 42.4 Å². The molecule has 0 aliphatic heterocycles. The van der Waals surface area contributed by atoms with Crippen molar-refractivity contribution in [3.63, 3.8) is 0 Å². The van der Waals surface area contributed by atoms with Gasteiger partial charge in [0.05, 0.1) is 13.2 Å². The Hall–Kier alpha value is 1.69. The predicted molar refractivity (Wildman–Crippen MR) is 248 cm³/mol. The summed E-state index contributed by atoms with van der Waals surface area (Å²) in [6, 6.07) is 1.75. The van der Waals surface area contributed by atoms with Crippen molar-refractivity contribution in [2.75, 3.05) is 26.4 Å². The van der Waals surface area contributed by atoms with Gasteiger partial charge in [0.15, 0.2) is 33.3 Å². The van der Waals surface area contributed by atoms with Gasteiger partial charge in [0.2, 0.25) is 0 Å². The lowest BCUT2D eigenvalue weighted by Gasteiger charge is -2.42. The van der Waals surface area contributed by atoms with Crippen LogP contribution in [-0.4, -0.2) is 133 Å². The van der Waals surface area contributed by atoms with Crippen LogP contribution in [0, 0.1) is 0 Å². The van der Waals surface area contributed by atoms with Gasteiger partial charge in [-0.05, 0) is 169 Å². The van der Waals surface area contributed by atoms with Crippen molar-refractivity contribution in [3.05, 3.63) is 0 Å². The lowest BCUT2D eigenvalue weighted by molar-refractivity contribution is -0.109. The number of hydrogen-bond acceptors (Lipinski definition) is 12. The van der Waals surface area contributed by atoms with Crippen LogP contribution in [0.25, 0.3) is 0 Å². The molecule has 0 heterocycles. The van der Waals surface area contributed by atoms with E-state index in [0.717, 1.165) is 24.9 Å². The van der Waals surface area contributed by atoms with Gasteiger partial charge in [-0.1, -0.05) is 0 Å². The van der Waals surface area contributed by atoms with Crippen LogP contribution in [-0.2, 0) is 42.4 Å². The summed E-state index contributed by atoms with van der Waals surface area (Å²) in [7, 11) is -22.3. The molecule has 0 bridgehead atoms. The summed E-state index contributed by atoms with van der Waals surface area (Å²) in [5.41, 5.74) is 0. The van der Waals surface area contributed by atoms with E-state index in [0.29, 0.717) is 13.2 Å². The minimum Gasteiger partial charge on any atom is -0.437 e. The van der Waals surface area contributed by atoms with Gasteiger partial charge in [-0.2, -0.15) is 0 Å². The van der Waals surface area contributed by atoms with Crippen LogP contribution >= 0.6 is 0 Å². The quantitative estimate of drug-likeness (QED) is 0.0548. The highest BCUT2D eigenvalue weighted by Crippen LogP contribution is 2.29. The van der Waals surface area contributed by atoms with Crippen LogP contribution in [0.15, 0.2) is 0 Å². The van der Waals surface area contributed by atoms with E-state index >= 15 is 0 Å². The highest BCUT2D eigenvalue weighted by Gasteiger charge is 2.46. The summed E-state index contributed by atoms with van der Waals surface area (Å²) in [5, 5.41) is 20.3. The fourth-order valence-electron chi connectivity index (χ4n) is 7.42. The number of hydrogen-bond donors (Lipinski definition) is 2. The molecular weight excluding hydrogens is 857 g/mol. The summed E-state index contributed by atoms with van der Waals surface area (Å²) < 4.78 is 65.0. The van der Waals surface area contributed by atoms with E-state index < -0.39 is 96.8 Å². The Kier molecular flexibility index (Phi) is 22.1. The van der Waals surface area contributed by atoms with Crippen molar-refractivity contribution in [1.29, 1.82) is 0 Å². The molecule has 0 spiro atoms. The SMILES string of the molecule is C[Si](C)(C)O[Si](C)(C)O[Si](C)(C)O[Si](C)(C)O[Si](C)(C)CCCO[C@@H](CO)[C@@H](CO)OCCC[Si](C)(C)O[Si](C)(C)O[Si](C)(C)O[Si](C)(C)O[Si](C)(C)C. The average Bonchev–Trinajstić information content (AvgIpc) is 2.81. The van der Waals surface area contributed by atoms with Crippen molar-refractivity contribution < 1.29 is 52.6 Å². The van der Waals surface area contributed by atoms with Crippen LogP contribution in [0.2, 0.25) is 156 Å². The molecule has 2 atom stereocenters. The van der Waals surface area contributed by atoms with Gasteiger partial charge in [0, 0.05) is 13.2 Å². The van der Waals surface area contributed by atoms with Gasteiger partial charge in [0.1, 0.15) is 12.2 Å². The number of aliphatic hydroxyl groups is 2. The molecule has 0 aromatic rings. The normalized spacial score (nSPS) is 16.2. The third-order valence-electron chi connectivity index (χ3n) is 7.40. The van der Waals surface area contributed by atoms with Gasteiger partial charge < -0.3 is 52.6 Å². The third-order valence-corrected chi connectivity index (χ3v) is 43.4. The van der Waals surface area contributed by atoms with E-state index in [9.17, 15) is 10.2 Å². The Labute approximate surface area is 343 Å². The Balaban J connectivity index is 4.96. The Bertz CT molecular complexity index is 1010. The van der Waals surface area contributed by atoms with E-state index in [1.165, 1.54) is 0 Å². The molecule has 12 nitrogen and oxygen atoms in total. The average molecular weight is 944 g/mol. The van der Waals surface area contributed by atoms with Crippen molar-refractivity contribution in [1.82, 2.24) is 0 Å². The molecule has 22 heteroatoms. The van der Waals surface area contributed by atoms with E-state index in [2.05, 4.69) is 144 Å². The van der Waals surface area contributed by atoms with Crippen LogP contribution in [0.1, 0.15) is 12.8 Å². The first-order valence-electron chi connectivity index (χ1n) is 19.8. The fourth-order valence-corrected chi connectivity index (χ4v) is 54.9. The van der Waals surface area contributed by atoms with Crippen LogP contribution < -0.4 is 0 Å². The molecule has 326 valence electrons. The summed E-state index contributed by atoms with van der Waals surface area (Å²) in [6.07, 6.45) is 0.314. The molecule has 0 saturated heterocycles. The highest BCUT2D eigenvalue weighted by molar-refractivity contribution is 6.91. The standard InChI is InChI=1S/C32H86O12Si10/c1-45(2,3)37-49(11,12)41-53(19,20)43-51(15,16)39-47(7,8)27-23-25-35-31(29-33)32(30-34)36-26-24-28-48(9,10)40-52(17,18)44-54(21,22)42-50(13,14)38-46(4,5)6/h31-34H,23-30H2,1-22H3/t31-,32+. The number of rotatable bonds is 29. The first kappa shape index (κ1) is 55.7. The summed E-state index contributed by atoms with van der Waals surface area (Å²) in [6.45, 7) is 47.6. The molecule has 0 radical (unpaired) electrons. The molecule has 0 saturated carbocycles. The van der Waals surface area contributed by atoms with Gasteiger partial charge in [0.25, 0.3) is 0 Å². The molecule has 0 aliphatic carbocycles. The van der Waals surface area contributed by atoms with Gasteiger partial charge in [-0.3, -0.25) is 0 Å². The van der Waals surface area contributed by atoms with Crippen LogP contribution in [0.3, 0.4) is 0 Å². The van der Waals surface area contributed by atoms with Gasteiger partial charge in [-0.25, -0.2) is 0 Å². The maximum absolute atomic E-state index is 10.1. The second-order valence-corrected chi connectivity index (χ2v) is 60.2.